The Morgan fingerprint density at radius 3 is 2.11 bits per heavy atom. The second-order valence-electron chi connectivity index (χ2n) is 9.62. The standard InChI is InChI=1S/C27H30FN3O3S/c1-27(2,3)18-35(29,34)23-15-13-22(14-16-23)30-26(33)24(17-19-7-5-4-6-8-19)31-25(32)20-9-11-21(28)12-10-20/h4-16,24,29H,17-18H2,1-3H3,(H,30,33)(H,31,32)/t24-,35?/m0/s1. The predicted molar refractivity (Wildman–Crippen MR) is 136 cm³/mol. The van der Waals surface area contributed by atoms with Gasteiger partial charge in [-0.1, -0.05) is 51.1 Å². The maximum absolute atomic E-state index is 13.2. The highest BCUT2D eigenvalue weighted by atomic mass is 32.2. The van der Waals surface area contributed by atoms with E-state index < -0.39 is 33.4 Å². The van der Waals surface area contributed by atoms with E-state index in [2.05, 4.69) is 10.6 Å². The van der Waals surface area contributed by atoms with Crippen LogP contribution < -0.4 is 10.6 Å². The minimum atomic E-state index is -2.97. The van der Waals surface area contributed by atoms with E-state index in [1.165, 1.54) is 24.3 Å². The van der Waals surface area contributed by atoms with Crippen LogP contribution in [0.1, 0.15) is 36.7 Å². The summed E-state index contributed by atoms with van der Waals surface area (Å²) in [6.07, 6.45) is 0.254. The van der Waals surface area contributed by atoms with Gasteiger partial charge in [0.1, 0.15) is 11.9 Å². The van der Waals surface area contributed by atoms with E-state index in [1.807, 2.05) is 51.1 Å². The first-order valence-electron chi connectivity index (χ1n) is 11.2. The summed E-state index contributed by atoms with van der Waals surface area (Å²) in [6.45, 7) is 5.80. The zero-order valence-electron chi connectivity index (χ0n) is 20.0. The lowest BCUT2D eigenvalue weighted by atomic mass is 10.0. The van der Waals surface area contributed by atoms with Gasteiger partial charge in [-0.15, -0.1) is 0 Å². The van der Waals surface area contributed by atoms with E-state index in [9.17, 15) is 18.2 Å². The topological polar surface area (TPSA) is 99.1 Å². The molecule has 0 fully saturated rings. The third kappa shape index (κ3) is 7.75. The molecule has 0 saturated carbocycles. The van der Waals surface area contributed by atoms with Crippen LogP contribution in [0.15, 0.2) is 83.8 Å². The number of carbonyl (C=O) groups is 2. The van der Waals surface area contributed by atoms with E-state index in [4.69, 9.17) is 4.78 Å². The largest absolute Gasteiger partial charge is 0.340 e. The molecule has 0 aromatic heterocycles. The van der Waals surface area contributed by atoms with Crippen molar-refractivity contribution in [3.63, 3.8) is 0 Å². The van der Waals surface area contributed by atoms with Crippen LogP contribution in [0.25, 0.3) is 0 Å². The van der Waals surface area contributed by atoms with Crippen molar-refractivity contribution in [2.75, 3.05) is 11.1 Å². The second-order valence-corrected chi connectivity index (χ2v) is 11.7. The SMILES string of the molecule is CC(C)(C)CS(=N)(=O)c1ccc(NC(=O)[C@H](Cc2ccccc2)NC(=O)c2ccc(F)cc2)cc1. The Bertz CT molecular complexity index is 1270. The summed E-state index contributed by atoms with van der Waals surface area (Å²) >= 11 is 0. The molecule has 0 radical (unpaired) electrons. The molecular weight excluding hydrogens is 465 g/mol. The van der Waals surface area contributed by atoms with E-state index >= 15 is 0 Å². The summed E-state index contributed by atoms with van der Waals surface area (Å²) in [5, 5.41) is 5.52. The van der Waals surface area contributed by atoms with Gasteiger partial charge in [-0.3, -0.25) is 9.59 Å². The van der Waals surface area contributed by atoms with Gasteiger partial charge in [0.05, 0.1) is 9.73 Å². The molecule has 0 saturated heterocycles. The summed E-state index contributed by atoms with van der Waals surface area (Å²) in [6, 6.07) is 19.8. The van der Waals surface area contributed by atoms with Gasteiger partial charge in [-0.2, -0.15) is 0 Å². The van der Waals surface area contributed by atoms with E-state index in [1.54, 1.807) is 24.3 Å². The third-order valence-corrected chi connectivity index (χ3v) is 7.46. The molecule has 2 amide bonds. The fourth-order valence-corrected chi connectivity index (χ4v) is 5.54. The molecule has 3 aromatic carbocycles. The van der Waals surface area contributed by atoms with E-state index in [0.29, 0.717) is 10.6 Å². The van der Waals surface area contributed by atoms with Crippen LogP contribution in [-0.2, 0) is 20.9 Å². The number of hydrogen-bond donors (Lipinski definition) is 3. The minimum Gasteiger partial charge on any atom is -0.340 e. The smallest absolute Gasteiger partial charge is 0.251 e. The number of halogens is 1. The Balaban J connectivity index is 1.77. The van der Waals surface area contributed by atoms with Crippen LogP contribution in [0.5, 0.6) is 0 Å². The molecular formula is C27H30FN3O3S. The monoisotopic (exact) mass is 495 g/mol. The Morgan fingerprint density at radius 2 is 1.54 bits per heavy atom. The number of rotatable bonds is 8. The summed E-state index contributed by atoms with van der Waals surface area (Å²) in [7, 11) is -2.97. The fraction of sp³-hybridized carbons (Fsp3) is 0.259. The van der Waals surface area contributed by atoms with Crippen molar-refractivity contribution in [3.05, 3.63) is 95.8 Å². The summed E-state index contributed by atoms with van der Waals surface area (Å²) in [5.41, 5.74) is 1.29. The van der Waals surface area contributed by atoms with Gasteiger partial charge >= 0.3 is 0 Å². The van der Waals surface area contributed by atoms with Gasteiger partial charge in [-0.05, 0) is 59.5 Å². The van der Waals surface area contributed by atoms with Crippen LogP contribution in [0.3, 0.4) is 0 Å². The molecule has 8 heteroatoms. The van der Waals surface area contributed by atoms with Crippen LogP contribution in [-0.4, -0.2) is 27.8 Å². The first-order valence-corrected chi connectivity index (χ1v) is 12.9. The molecule has 3 aromatic rings. The summed E-state index contributed by atoms with van der Waals surface area (Å²) in [5.74, 6) is -1.16. The van der Waals surface area contributed by atoms with E-state index in [0.717, 1.165) is 5.56 Å². The second kappa shape index (κ2) is 10.8. The number of hydrogen-bond acceptors (Lipinski definition) is 4. The number of benzene rings is 3. The first-order chi connectivity index (χ1) is 16.4. The maximum Gasteiger partial charge on any atom is 0.251 e. The average Bonchev–Trinajstić information content (AvgIpc) is 2.78. The number of amides is 2. The van der Waals surface area contributed by atoms with Crippen molar-refractivity contribution in [2.45, 2.75) is 38.1 Å². The number of anilines is 1. The summed E-state index contributed by atoms with van der Waals surface area (Å²) in [4.78, 5) is 26.2. The predicted octanol–water partition coefficient (Wildman–Crippen LogP) is 5.26. The molecule has 0 bridgehead atoms. The van der Waals surface area contributed by atoms with Crippen LogP contribution >= 0.6 is 0 Å². The molecule has 184 valence electrons. The molecule has 0 aliphatic carbocycles. The molecule has 0 heterocycles. The van der Waals surface area contributed by atoms with Gasteiger partial charge < -0.3 is 10.6 Å². The lowest BCUT2D eigenvalue weighted by Gasteiger charge is -2.21. The first kappa shape index (κ1) is 26.1. The number of nitrogens with one attached hydrogen (secondary N) is 3. The molecule has 3 rings (SSSR count). The van der Waals surface area contributed by atoms with Crippen molar-refractivity contribution < 1.29 is 18.2 Å². The molecule has 0 aliphatic heterocycles. The van der Waals surface area contributed by atoms with Gasteiger partial charge in [-0.25, -0.2) is 13.4 Å². The minimum absolute atomic E-state index is 0.222. The van der Waals surface area contributed by atoms with Gasteiger partial charge in [0.2, 0.25) is 5.91 Å². The zero-order valence-corrected chi connectivity index (χ0v) is 20.8. The Hall–Kier alpha value is -3.52. The Morgan fingerprint density at radius 1 is 0.943 bits per heavy atom. The Labute approximate surface area is 205 Å². The van der Waals surface area contributed by atoms with Gasteiger partial charge in [0.25, 0.3) is 5.91 Å². The molecule has 3 N–H and O–H groups in total. The molecule has 2 atom stereocenters. The van der Waals surface area contributed by atoms with Crippen molar-refractivity contribution in [3.8, 4) is 0 Å². The Kier molecular flexibility index (Phi) is 8.07. The van der Waals surface area contributed by atoms with Crippen LogP contribution in [0, 0.1) is 16.0 Å². The molecule has 35 heavy (non-hydrogen) atoms. The highest BCUT2D eigenvalue weighted by Gasteiger charge is 2.23. The maximum atomic E-state index is 13.2. The third-order valence-electron chi connectivity index (χ3n) is 5.15. The van der Waals surface area contributed by atoms with Crippen molar-refractivity contribution in [1.82, 2.24) is 5.32 Å². The molecule has 0 spiro atoms. The van der Waals surface area contributed by atoms with Crippen LogP contribution in [0.4, 0.5) is 10.1 Å². The molecule has 1 unspecified atom stereocenters. The lowest BCUT2D eigenvalue weighted by Crippen LogP contribution is -2.45. The molecule has 6 nitrogen and oxygen atoms in total. The van der Waals surface area contributed by atoms with E-state index in [-0.39, 0.29) is 23.2 Å². The zero-order chi connectivity index (χ0) is 25.6. The van der Waals surface area contributed by atoms with Gasteiger partial charge in [0.15, 0.2) is 0 Å². The lowest BCUT2D eigenvalue weighted by molar-refractivity contribution is -0.118. The highest BCUT2D eigenvalue weighted by molar-refractivity contribution is 7.92. The van der Waals surface area contributed by atoms with Crippen LogP contribution in [0.2, 0.25) is 0 Å². The number of carbonyl (C=O) groups excluding carboxylic acids is 2. The molecule has 0 aliphatic rings. The fourth-order valence-electron chi connectivity index (χ4n) is 3.58. The normalized spacial score (nSPS) is 13.9. The van der Waals surface area contributed by atoms with Crippen molar-refractivity contribution in [2.24, 2.45) is 5.41 Å². The average molecular weight is 496 g/mol. The highest BCUT2D eigenvalue weighted by Crippen LogP contribution is 2.24. The van der Waals surface area contributed by atoms with Gasteiger partial charge in [0, 0.05) is 28.3 Å². The summed E-state index contributed by atoms with van der Waals surface area (Å²) < 4.78 is 34.3. The van der Waals surface area contributed by atoms with Crippen molar-refractivity contribution >= 4 is 27.2 Å². The quantitative estimate of drug-likeness (QED) is 0.398. The van der Waals surface area contributed by atoms with Crippen molar-refractivity contribution in [1.29, 1.82) is 4.78 Å².